The minimum atomic E-state index is -0.207. The van der Waals surface area contributed by atoms with Crippen LogP contribution in [-0.4, -0.2) is 21.0 Å². The van der Waals surface area contributed by atoms with Crippen molar-refractivity contribution in [2.75, 3.05) is 0 Å². The molecule has 1 aliphatic carbocycles. The first-order valence-corrected chi connectivity index (χ1v) is 5.39. The maximum Gasteiger partial charge on any atom is 0.0781 e. The number of nitrogens with zero attached hydrogens (tertiary/aromatic N) is 2. The fourth-order valence-corrected chi connectivity index (χ4v) is 2.36. The third kappa shape index (κ3) is 1.69. The summed E-state index contributed by atoms with van der Waals surface area (Å²) in [5.41, 5.74) is 2.20. The topological polar surface area (TPSA) is 38.0 Å². The summed E-state index contributed by atoms with van der Waals surface area (Å²) in [6.07, 6.45) is 4.13. The normalized spacial score (nSPS) is 27.9. The van der Waals surface area contributed by atoms with Crippen molar-refractivity contribution in [3.05, 3.63) is 17.5 Å². The van der Waals surface area contributed by atoms with Crippen molar-refractivity contribution in [3.8, 4) is 0 Å². The Bertz CT molecular complexity index is 319. The van der Waals surface area contributed by atoms with E-state index in [-0.39, 0.29) is 12.1 Å². The van der Waals surface area contributed by atoms with Gasteiger partial charge in [0.1, 0.15) is 0 Å². The number of aryl methyl sites for hydroxylation is 2. The summed E-state index contributed by atoms with van der Waals surface area (Å²) < 4.78 is 2.00. The van der Waals surface area contributed by atoms with Crippen LogP contribution in [0.5, 0.6) is 0 Å². The zero-order valence-electron chi connectivity index (χ0n) is 8.90. The van der Waals surface area contributed by atoms with Crippen LogP contribution in [-0.2, 0) is 0 Å². The van der Waals surface area contributed by atoms with Gasteiger partial charge in [-0.05, 0) is 32.8 Å². The van der Waals surface area contributed by atoms with Crippen LogP contribution < -0.4 is 0 Å². The van der Waals surface area contributed by atoms with Gasteiger partial charge in [0.25, 0.3) is 0 Å². The van der Waals surface area contributed by atoms with E-state index in [4.69, 9.17) is 0 Å². The number of hydrogen-bond acceptors (Lipinski definition) is 2. The Hall–Kier alpha value is -0.830. The van der Waals surface area contributed by atoms with Crippen LogP contribution in [0.15, 0.2) is 6.07 Å². The molecule has 1 aliphatic rings. The van der Waals surface area contributed by atoms with Crippen LogP contribution >= 0.6 is 0 Å². The molecule has 1 heterocycles. The Morgan fingerprint density at radius 2 is 2.07 bits per heavy atom. The van der Waals surface area contributed by atoms with Gasteiger partial charge in [-0.15, -0.1) is 0 Å². The van der Waals surface area contributed by atoms with Gasteiger partial charge < -0.3 is 5.11 Å². The first kappa shape index (κ1) is 9.71. The zero-order chi connectivity index (χ0) is 10.1. The highest BCUT2D eigenvalue weighted by Crippen LogP contribution is 2.29. The summed E-state index contributed by atoms with van der Waals surface area (Å²) in [6, 6.07) is 2.28. The molecule has 14 heavy (non-hydrogen) atoms. The van der Waals surface area contributed by atoms with Crippen molar-refractivity contribution in [1.82, 2.24) is 9.78 Å². The van der Waals surface area contributed by atoms with E-state index in [9.17, 15) is 5.11 Å². The van der Waals surface area contributed by atoms with Crippen molar-refractivity contribution < 1.29 is 5.11 Å². The molecule has 0 saturated heterocycles. The van der Waals surface area contributed by atoms with Crippen LogP contribution in [0, 0.1) is 13.8 Å². The highest BCUT2D eigenvalue weighted by molar-refractivity contribution is 5.08. The second kappa shape index (κ2) is 3.73. The maximum atomic E-state index is 9.90. The molecule has 0 unspecified atom stereocenters. The van der Waals surface area contributed by atoms with Crippen LogP contribution in [0.3, 0.4) is 0 Å². The molecule has 78 valence electrons. The zero-order valence-corrected chi connectivity index (χ0v) is 8.90. The van der Waals surface area contributed by atoms with Crippen LogP contribution in [0.1, 0.15) is 43.1 Å². The number of aliphatic hydroxyl groups excluding tert-OH is 1. The first-order valence-electron chi connectivity index (χ1n) is 5.39. The van der Waals surface area contributed by atoms with E-state index in [2.05, 4.69) is 18.1 Å². The first-order chi connectivity index (χ1) is 6.68. The molecule has 1 N–H and O–H groups in total. The number of hydrogen-bond donors (Lipinski definition) is 1. The molecule has 3 nitrogen and oxygen atoms in total. The molecule has 1 fully saturated rings. The quantitative estimate of drug-likeness (QED) is 0.742. The molecule has 0 radical (unpaired) electrons. The van der Waals surface area contributed by atoms with E-state index < -0.39 is 0 Å². The predicted molar refractivity (Wildman–Crippen MR) is 55.2 cm³/mol. The Balaban J connectivity index is 2.24. The van der Waals surface area contributed by atoms with Gasteiger partial charge in [-0.1, -0.05) is 12.8 Å². The predicted octanol–water partition coefficient (Wildman–Crippen LogP) is 1.98. The third-order valence-corrected chi connectivity index (χ3v) is 3.05. The number of aliphatic hydroxyl groups is 1. The summed E-state index contributed by atoms with van der Waals surface area (Å²) in [7, 11) is 0. The lowest BCUT2D eigenvalue weighted by Gasteiger charge is -2.28. The molecule has 1 saturated carbocycles. The van der Waals surface area contributed by atoms with E-state index in [0.717, 1.165) is 30.7 Å². The number of aromatic nitrogens is 2. The van der Waals surface area contributed by atoms with Crippen molar-refractivity contribution in [2.24, 2.45) is 0 Å². The van der Waals surface area contributed by atoms with Crippen LogP contribution in [0.2, 0.25) is 0 Å². The largest absolute Gasteiger partial charge is 0.391 e. The summed E-state index contributed by atoms with van der Waals surface area (Å²) in [6.45, 7) is 4.06. The van der Waals surface area contributed by atoms with E-state index in [1.807, 2.05) is 11.6 Å². The highest BCUT2D eigenvalue weighted by Gasteiger charge is 2.26. The number of rotatable bonds is 1. The molecular formula is C11H18N2O. The van der Waals surface area contributed by atoms with Crippen molar-refractivity contribution >= 4 is 0 Å². The van der Waals surface area contributed by atoms with Gasteiger partial charge in [0.2, 0.25) is 0 Å². The van der Waals surface area contributed by atoms with E-state index in [1.54, 1.807) is 0 Å². The summed E-state index contributed by atoms with van der Waals surface area (Å²) in [5, 5.41) is 14.3. The minimum absolute atomic E-state index is 0.206. The van der Waals surface area contributed by atoms with Crippen molar-refractivity contribution in [1.29, 1.82) is 0 Å². The van der Waals surface area contributed by atoms with Crippen LogP contribution in [0.25, 0.3) is 0 Å². The van der Waals surface area contributed by atoms with E-state index >= 15 is 0 Å². The lowest BCUT2D eigenvalue weighted by Crippen LogP contribution is -2.28. The fraction of sp³-hybridized carbons (Fsp3) is 0.727. The van der Waals surface area contributed by atoms with Gasteiger partial charge in [0.05, 0.1) is 17.8 Å². The molecule has 0 spiro atoms. The van der Waals surface area contributed by atoms with Gasteiger partial charge in [-0.25, -0.2) is 0 Å². The van der Waals surface area contributed by atoms with Gasteiger partial charge in [-0.3, -0.25) is 4.68 Å². The molecule has 2 atom stereocenters. The van der Waals surface area contributed by atoms with Gasteiger partial charge in [0.15, 0.2) is 0 Å². The maximum absolute atomic E-state index is 9.90. The Morgan fingerprint density at radius 1 is 1.36 bits per heavy atom. The van der Waals surface area contributed by atoms with E-state index in [1.165, 1.54) is 6.42 Å². The molecular weight excluding hydrogens is 176 g/mol. The second-order valence-electron chi connectivity index (χ2n) is 4.29. The Kier molecular flexibility index (Phi) is 2.59. The van der Waals surface area contributed by atoms with Crippen LogP contribution in [0.4, 0.5) is 0 Å². The lowest BCUT2D eigenvalue weighted by molar-refractivity contribution is 0.0683. The second-order valence-corrected chi connectivity index (χ2v) is 4.29. The minimum Gasteiger partial charge on any atom is -0.391 e. The SMILES string of the molecule is Cc1cc(C)n([C@H]2CCCC[C@@H]2O)n1. The lowest BCUT2D eigenvalue weighted by atomic mass is 9.92. The summed E-state index contributed by atoms with van der Waals surface area (Å²) >= 11 is 0. The molecule has 1 aromatic rings. The van der Waals surface area contributed by atoms with E-state index in [0.29, 0.717) is 0 Å². The Morgan fingerprint density at radius 3 is 2.64 bits per heavy atom. The van der Waals surface area contributed by atoms with Gasteiger partial charge >= 0.3 is 0 Å². The molecule has 1 aromatic heterocycles. The third-order valence-electron chi connectivity index (χ3n) is 3.05. The standard InChI is InChI=1S/C11H18N2O/c1-8-7-9(2)13(12-8)10-5-3-4-6-11(10)14/h7,10-11,14H,3-6H2,1-2H3/t10-,11-/m0/s1. The van der Waals surface area contributed by atoms with Gasteiger partial charge in [0, 0.05) is 5.69 Å². The highest BCUT2D eigenvalue weighted by atomic mass is 16.3. The monoisotopic (exact) mass is 194 g/mol. The average molecular weight is 194 g/mol. The molecule has 0 aromatic carbocycles. The van der Waals surface area contributed by atoms with Crippen molar-refractivity contribution in [2.45, 2.75) is 51.7 Å². The molecule has 0 amide bonds. The average Bonchev–Trinajstić information content (AvgIpc) is 2.46. The molecule has 0 bridgehead atoms. The molecule has 0 aliphatic heterocycles. The van der Waals surface area contributed by atoms with Gasteiger partial charge in [-0.2, -0.15) is 5.10 Å². The molecule has 3 heteroatoms. The fourth-order valence-electron chi connectivity index (χ4n) is 2.36. The summed E-state index contributed by atoms with van der Waals surface area (Å²) in [4.78, 5) is 0. The molecule has 2 rings (SSSR count). The summed E-state index contributed by atoms with van der Waals surface area (Å²) in [5.74, 6) is 0. The smallest absolute Gasteiger partial charge is 0.0781 e. The van der Waals surface area contributed by atoms with Crippen molar-refractivity contribution in [3.63, 3.8) is 0 Å². The Labute approximate surface area is 84.7 Å².